The average molecular weight is 498 g/mol. The Kier molecular flexibility index (Phi) is 7.41. The molecule has 0 saturated carbocycles. The molecule has 2 aliphatic rings. The van der Waals surface area contributed by atoms with Crippen LogP contribution in [0.15, 0.2) is 54.6 Å². The molecule has 0 radical (unpaired) electrons. The van der Waals surface area contributed by atoms with Gasteiger partial charge in [0, 0.05) is 17.8 Å². The molecule has 0 aliphatic carbocycles. The second-order valence-electron chi connectivity index (χ2n) is 11.3. The van der Waals surface area contributed by atoms with Crippen LogP contribution in [0.2, 0.25) is 0 Å². The van der Waals surface area contributed by atoms with Crippen LogP contribution in [0.4, 0.5) is 5.69 Å². The van der Waals surface area contributed by atoms with Crippen molar-refractivity contribution in [3.63, 3.8) is 0 Å². The number of anilines is 1. The summed E-state index contributed by atoms with van der Waals surface area (Å²) in [5.74, 6) is 0.500. The summed E-state index contributed by atoms with van der Waals surface area (Å²) in [6.45, 7) is 11.0. The number of hydrogen-bond acceptors (Lipinski definition) is 4. The Morgan fingerprint density at radius 1 is 1.00 bits per heavy atom. The number of sulfonamides is 1. The fraction of sp³-hybridized carbons (Fsp3) is 0.536. The largest absolute Gasteiger partial charge is 0.325 e. The van der Waals surface area contributed by atoms with E-state index < -0.39 is 15.6 Å². The van der Waals surface area contributed by atoms with Gasteiger partial charge in [-0.25, -0.2) is 8.42 Å². The van der Waals surface area contributed by atoms with Crippen molar-refractivity contribution in [3.05, 3.63) is 65.7 Å². The molecule has 0 bridgehead atoms. The van der Waals surface area contributed by atoms with Crippen LogP contribution in [0.3, 0.4) is 0 Å². The van der Waals surface area contributed by atoms with E-state index in [1.54, 1.807) is 4.31 Å². The first-order chi connectivity index (χ1) is 16.5. The molecule has 2 heterocycles. The minimum Gasteiger partial charge on any atom is -0.325 e. The fourth-order valence-electron chi connectivity index (χ4n) is 5.79. The minimum atomic E-state index is -3.42. The fourth-order valence-corrected chi connectivity index (χ4v) is 7.85. The van der Waals surface area contributed by atoms with Crippen molar-refractivity contribution in [1.82, 2.24) is 9.21 Å². The standard InChI is InChI=1S/C28H39N3O3S/c1-22(2)24-10-12-25(13-11-24)29-26(32)18-30-16-14-28(15-17-30)20-27(3,4)31(21-28)35(33,34)19-23-8-6-5-7-9-23/h5-13,22H,14-21H2,1-4H3,(H,29,32). The van der Waals surface area contributed by atoms with Crippen molar-refractivity contribution in [2.45, 2.75) is 64.2 Å². The lowest BCUT2D eigenvalue weighted by atomic mass is 9.74. The highest BCUT2D eigenvalue weighted by Gasteiger charge is 2.53. The Morgan fingerprint density at radius 3 is 2.23 bits per heavy atom. The Labute approximate surface area is 210 Å². The van der Waals surface area contributed by atoms with Gasteiger partial charge in [0.2, 0.25) is 15.9 Å². The van der Waals surface area contributed by atoms with Gasteiger partial charge in [0.1, 0.15) is 0 Å². The van der Waals surface area contributed by atoms with Gasteiger partial charge in [-0.3, -0.25) is 9.69 Å². The van der Waals surface area contributed by atoms with Crippen LogP contribution in [-0.4, -0.2) is 55.2 Å². The molecular formula is C28H39N3O3S. The summed E-state index contributed by atoms with van der Waals surface area (Å²) >= 11 is 0. The third-order valence-electron chi connectivity index (χ3n) is 7.63. The summed E-state index contributed by atoms with van der Waals surface area (Å²) in [6.07, 6.45) is 2.67. The molecule has 2 aromatic rings. The maximum atomic E-state index is 13.3. The van der Waals surface area contributed by atoms with Gasteiger partial charge in [-0.05, 0) is 80.8 Å². The molecule has 0 unspecified atom stereocenters. The number of amides is 1. The van der Waals surface area contributed by atoms with Gasteiger partial charge in [0.15, 0.2) is 0 Å². The lowest BCUT2D eigenvalue weighted by Gasteiger charge is -2.39. The SMILES string of the molecule is CC(C)c1ccc(NC(=O)CN2CCC3(CC2)CN(S(=O)(=O)Cc2ccccc2)C(C)(C)C3)cc1. The number of benzene rings is 2. The molecule has 2 aliphatic heterocycles. The molecule has 6 nitrogen and oxygen atoms in total. The van der Waals surface area contributed by atoms with E-state index in [-0.39, 0.29) is 17.1 Å². The lowest BCUT2D eigenvalue weighted by molar-refractivity contribution is -0.117. The predicted molar refractivity (Wildman–Crippen MR) is 142 cm³/mol. The van der Waals surface area contributed by atoms with E-state index in [0.29, 0.717) is 19.0 Å². The van der Waals surface area contributed by atoms with E-state index in [9.17, 15) is 13.2 Å². The number of rotatable bonds is 7. The number of carbonyl (C=O) groups excluding carboxylic acids is 1. The normalized spacial score (nSPS) is 20.4. The zero-order chi connectivity index (χ0) is 25.3. The van der Waals surface area contributed by atoms with E-state index in [0.717, 1.165) is 43.6 Å². The molecular weight excluding hydrogens is 458 g/mol. The summed E-state index contributed by atoms with van der Waals surface area (Å²) in [4.78, 5) is 14.8. The average Bonchev–Trinajstić information content (AvgIpc) is 3.07. The van der Waals surface area contributed by atoms with Crippen molar-refractivity contribution in [2.24, 2.45) is 5.41 Å². The topological polar surface area (TPSA) is 69.7 Å². The summed E-state index contributed by atoms with van der Waals surface area (Å²) in [6, 6.07) is 17.5. The van der Waals surface area contributed by atoms with Crippen LogP contribution >= 0.6 is 0 Å². The number of nitrogens with one attached hydrogen (secondary N) is 1. The molecule has 0 aromatic heterocycles. The van der Waals surface area contributed by atoms with Gasteiger partial charge in [-0.2, -0.15) is 4.31 Å². The third kappa shape index (κ3) is 6.13. The van der Waals surface area contributed by atoms with Crippen molar-refractivity contribution in [2.75, 3.05) is 31.5 Å². The van der Waals surface area contributed by atoms with Gasteiger partial charge < -0.3 is 5.32 Å². The van der Waals surface area contributed by atoms with Crippen molar-refractivity contribution in [1.29, 1.82) is 0 Å². The number of nitrogens with zero attached hydrogens (tertiary/aromatic N) is 2. The van der Waals surface area contributed by atoms with Crippen LogP contribution in [-0.2, 0) is 20.6 Å². The van der Waals surface area contributed by atoms with E-state index in [2.05, 4.69) is 50.0 Å². The number of likely N-dealkylation sites (tertiary alicyclic amines) is 1. The Morgan fingerprint density at radius 2 is 1.63 bits per heavy atom. The molecule has 7 heteroatoms. The van der Waals surface area contributed by atoms with Crippen LogP contribution < -0.4 is 5.32 Å². The molecule has 0 atom stereocenters. The smallest absolute Gasteiger partial charge is 0.238 e. The third-order valence-corrected chi connectivity index (χ3v) is 9.63. The maximum Gasteiger partial charge on any atom is 0.238 e. The first-order valence-corrected chi connectivity index (χ1v) is 14.3. The second-order valence-corrected chi connectivity index (χ2v) is 13.2. The maximum absolute atomic E-state index is 13.3. The first-order valence-electron chi connectivity index (χ1n) is 12.6. The quantitative estimate of drug-likeness (QED) is 0.594. The van der Waals surface area contributed by atoms with Crippen molar-refractivity contribution < 1.29 is 13.2 Å². The molecule has 1 N–H and O–H groups in total. The highest BCUT2D eigenvalue weighted by molar-refractivity contribution is 7.88. The molecule has 2 saturated heterocycles. The van der Waals surface area contributed by atoms with Crippen molar-refractivity contribution in [3.8, 4) is 0 Å². The van der Waals surface area contributed by atoms with Gasteiger partial charge in [0.25, 0.3) is 0 Å². The molecule has 1 spiro atoms. The van der Waals surface area contributed by atoms with Crippen LogP contribution in [0.1, 0.15) is 64.0 Å². The molecule has 1 amide bonds. The Hall–Kier alpha value is -2.22. The molecule has 35 heavy (non-hydrogen) atoms. The predicted octanol–water partition coefficient (Wildman–Crippen LogP) is 4.85. The van der Waals surface area contributed by atoms with Crippen LogP contribution in [0, 0.1) is 5.41 Å². The molecule has 2 aromatic carbocycles. The van der Waals surface area contributed by atoms with E-state index >= 15 is 0 Å². The van der Waals surface area contributed by atoms with Crippen molar-refractivity contribution >= 4 is 21.6 Å². The van der Waals surface area contributed by atoms with E-state index in [4.69, 9.17) is 0 Å². The first kappa shape index (κ1) is 25.9. The summed E-state index contributed by atoms with van der Waals surface area (Å²) in [7, 11) is -3.42. The minimum absolute atomic E-state index is 0.00272. The number of piperidine rings is 1. The summed E-state index contributed by atoms with van der Waals surface area (Å²) in [5, 5.41) is 3.01. The van der Waals surface area contributed by atoms with Crippen LogP contribution in [0.25, 0.3) is 0 Å². The van der Waals surface area contributed by atoms with E-state index in [1.807, 2.05) is 42.5 Å². The Bertz CT molecular complexity index is 1120. The molecule has 4 rings (SSSR count). The molecule has 2 fully saturated rings. The number of hydrogen-bond donors (Lipinski definition) is 1. The van der Waals surface area contributed by atoms with Gasteiger partial charge in [-0.1, -0.05) is 56.3 Å². The second kappa shape index (κ2) is 10.0. The molecule has 190 valence electrons. The van der Waals surface area contributed by atoms with Crippen LogP contribution in [0.5, 0.6) is 0 Å². The highest BCUT2D eigenvalue weighted by atomic mass is 32.2. The summed E-state index contributed by atoms with van der Waals surface area (Å²) < 4.78 is 28.4. The van der Waals surface area contributed by atoms with Gasteiger partial charge in [-0.15, -0.1) is 0 Å². The van der Waals surface area contributed by atoms with Gasteiger partial charge >= 0.3 is 0 Å². The van der Waals surface area contributed by atoms with E-state index in [1.165, 1.54) is 5.56 Å². The zero-order valence-electron chi connectivity index (χ0n) is 21.5. The number of carbonyl (C=O) groups is 1. The zero-order valence-corrected chi connectivity index (χ0v) is 22.3. The lowest BCUT2D eigenvalue weighted by Crippen LogP contribution is -2.45. The summed E-state index contributed by atoms with van der Waals surface area (Å²) in [5.41, 5.74) is 2.47. The monoisotopic (exact) mass is 497 g/mol. The Balaban J connectivity index is 1.33. The highest BCUT2D eigenvalue weighted by Crippen LogP contribution is 2.49. The van der Waals surface area contributed by atoms with Gasteiger partial charge in [0.05, 0.1) is 12.3 Å².